The van der Waals surface area contributed by atoms with Crippen molar-refractivity contribution in [3.63, 3.8) is 0 Å². The molecule has 0 N–H and O–H groups in total. The van der Waals surface area contributed by atoms with E-state index in [0.29, 0.717) is 0 Å². The predicted octanol–water partition coefficient (Wildman–Crippen LogP) is 0.155. The van der Waals surface area contributed by atoms with Gasteiger partial charge in [0, 0.05) is 12.8 Å². The summed E-state index contributed by atoms with van der Waals surface area (Å²) in [5, 5.41) is 0.973. The molecule has 0 bridgehead atoms. The van der Waals surface area contributed by atoms with Gasteiger partial charge in [0.2, 0.25) is 0 Å². The summed E-state index contributed by atoms with van der Waals surface area (Å²) < 4.78 is 19.3. The van der Waals surface area contributed by atoms with Crippen LogP contribution in [0.15, 0.2) is 95.9 Å². The number of halogens is 1. The number of hydrogen-bond donors (Lipinski definition) is 0. The first-order valence-corrected chi connectivity index (χ1v) is 28.2. The molecule has 3 aliphatic carbocycles. The molecular formula is C40H56BrLi3O4Si4. The van der Waals surface area contributed by atoms with Gasteiger partial charge in [0.1, 0.15) is 0 Å². The Morgan fingerprint density at radius 1 is 0.769 bits per heavy atom. The van der Waals surface area contributed by atoms with Crippen molar-refractivity contribution in [2.75, 3.05) is 0 Å². The van der Waals surface area contributed by atoms with Crippen molar-refractivity contribution in [3.05, 3.63) is 142 Å². The summed E-state index contributed by atoms with van der Waals surface area (Å²) in [4.78, 5) is 12.0. The second-order valence-electron chi connectivity index (χ2n) is 13.5. The van der Waals surface area contributed by atoms with Crippen LogP contribution in [0.1, 0.15) is 60.1 Å². The van der Waals surface area contributed by atoms with Crippen molar-refractivity contribution in [3.8, 4) is 0 Å². The second kappa shape index (κ2) is 23.8. The summed E-state index contributed by atoms with van der Waals surface area (Å²) >= 11 is 3.43. The van der Waals surface area contributed by atoms with Crippen LogP contribution in [-0.4, -0.2) is 34.0 Å². The van der Waals surface area contributed by atoms with Gasteiger partial charge in [-0.15, -0.1) is 25.4 Å². The van der Waals surface area contributed by atoms with Crippen molar-refractivity contribution in [1.29, 1.82) is 0 Å². The van der Waals surface area contributed by atoms with E-state index in [1.807, 2.05) is 36.6 Å². The topological polar surface area (TPSA) is 50.8 Å². The fourth-order valence-electron chi connectivity index (χ4n) is 5.48. The summed E-state index contributed by atoms with van der Waals surface area (Å²) in [6, 6.07) is 22.9. The summed E-state index contributed by atoms with van der Waals surface area (Å²) in [6.45, 7) is 27.0. The zero-order chi connectivity index (χ0) is 36.3. The molecule has 7 rings (SSSR count). The molecule has 4 aliphatic rings. The maximum atomic E-state index is 12.0. The third-order valence-corrected chi connectivity index (χ3v) is 24.8. The van der Waals surface area contributed by atoms with Crippen molar-refractivity contribution in [2.45, 2.75) is 97.4 Å². The predicted molar refractivity (Wildman–Crippen MR) is 219 cm³/mol. The third kappa shape index (κ3) is 15.1. The van der Waals surface area contributed by atoms with Crippen molar-refractivity contribution < 1.29 is 73.7 Å². The number of fused-ring (bicyclic) bond motifs is 3. The summed E-state index contributed by atoms with van der Waals surface area (Å²) in [7, 11) is -9.09. The van der Waals surface area contributed by atoms with Crippen LogP contribution in [-0.2, 0) is 50.9 Å². The molecule has 0 radical (unpaired) electrons. The van der Waals surface area contributed by atoms with E-state index in [1.165, 1.54) is 76.4 Å². The first-order valence-electron chi connectivity index (χ1n) is 17.6. The molecule has 1 aliphatic heterocycles. The maximum absolute atomic E-state index is 12.0. The van der Waals surface area contributed by atoms with E-state index in [-0.39, 0.29) is 56.6 Å². The second-order valence-corrected chi connectivity index (χ2v) is 27.9. The number of aryl methyl sites for hydroxylation is 6. The van der Waals surface area contributed by atoms with Gasteiger partial charge < -0.3 is 24.1 Å². The zero-order valence-corrected chi connectivity index (χ0v) is 39.2. The average Bonchev–Trinajstić information content (AvgIpc) is 3.04. The molecule has 0 spiro atoms. The third-order valence-electron chi connectivity index (χ3n) is 9.36. The average molecular weight is 814 g/mol. The van der Waals surface area contributed by atoms with Gasteiger partial charge in [-0.2, -0.15) is 41.8 Å². The minimum Gasteiger partial charge on any atom is -0.852 e. The zero-order valence-electron chi connectivity index (χ0n) is 33.6. The van der Waals surface area contributed by atoms with E-state index in [4.69, 9.17) is 12.3 Å². The molecule has 0 amide bonds. The number of hydrogen-bond acceptors (Lipinski definition) is 4. The van der Waals surface area contributed by atoms with Gasteiger partial charge in [0.25, 0.3) is 0 Å². The Labute approximate surface area is 365 Å². The molecule has 3 aromatic carbocycles. The Bertz CT molecular complexity index is 1550. The summed E-state index contributed by atoms with van der Waals surface area (Å²) in [5.41, 5.74) is 14.1. The van der Waals surface area contributed by atoms with Gasteiger partial charge in [-0.25, -0.2) is 0 Å². The Kier molecular flexibility index (Phi) is 23.8. The fourth-order valence-corrected chi connectivity index (χ4v) is 21.2. The van der Waals surface area contributed by atoms with Gasteiger partial charge >= 0.3 is 82.3 Å². The molecule has 3 atom stereocenters. The molecule has 266 valence electrons. The van der Waals surface area contributed by atoms with Gasteiger partial charge in [0.15, 0.2) is 0 Å². The Morgan fingerprint density at radius 2 is 1.23 bits per heavy atom. The van der Waals surface area contributed by atoms with Crippen molar-refractivity contribution >= 4 is 55.1 Å². The molecule has 0 saturated carbocycles. The molecule has 4 nitrogen and oxygen atoms in total. The summed E-state index contributed by atoms with van der Waals surface area (Å²) in [5.74, 6) is 0. The van der Waals surface area contributed by atoms with Crippen LogP contribution in [0.3, 0.4) is 0 Å². The van der Waals surface area contributed by atoms with E-state index < -0.39 is 34.0 Å². The maximum Gasteiger partial charge on any atom is 1.00 e. The SMILES string of the molecule is Brc1ccc2c(c1)CC2.C=C[Si](C)([O-])c1ccc2c(c1)CC2.C=C[Si]1(C)O[Si](C)(C=C)O[Si](C)(CC)O1.[CH2-]CCC.[Li+].[Li+].[Li+].[c-]1ccc2c(c1)CC2. The monoisotopic (exact) mass is 812 g/mol. The molecule has 1 heterocycles. The van der Waals surface area contributed by atoms with Crippen molar-refractivity contribution in [2.24, 2.45) is 0 Å². The molecule has 52 heavy (non-hydrogen) atoms. The molecular weight excluding hydrogens is 758 g/mol. The smallest absolute Gasteiger partial charge is 0.852 e. The van der Waals surface area contributed by atoms with E-state index in [1.54, 1.807) is 12.2 Å². The minimum absolute atomic E-state index is 0. The fraction of sp³-hybridized carbons (Fsp3) is 0.375. The number of unbranched alkanes of at least 4 members (excludes halogenated alkanes) is 1. The molecule has 0 aromatic heterocycles. The quantitative estimate of drug-likeness (QED) is 0.263. The van der Waals surface area contributed by atoms with E-state index in [0.717, 1.165) is 24.1 Å². The van der Waals surface area contributed by atoms with Crippen LogP contribution in [0.25, 0.3) is 0 Å². The number of rotatable bonds is 6. The van der Waals surface area contributed by atoms with E-state index in [2.05, 4.69) is 112 Å². The van der Waals surface area contributed by atoms with Gasteiger partial charge in [-0.05, 0) is 85.8 Å². The minimum atomic E-state index is -2.56. The Balaban J connectivity index is 0.000000645. The van der Waals surface area contributed by atoms with Gasteiger partial charge in [-0.3, -0.25) is 0 Å². The van der Waals surface area contributed by atoms with Crippen LogP contribution < -0.4 is 66.6 Å². The molecule has 1 fully saturated rings. The molecule has 3 aromatic rings. The van der Waals surface area contributed by atoms with Gasteiger partial charge in [-0.1, -0.05) is 96.4 Å². The molecule has 3 unspecified atom stereocenters. The van der Waals surface area contributed by atoms with E-state index in [9.17, 15) is 4.80 Å². The van der Waals surface area contributed by atoms with Crippen LogP contribution >= 0.6 is 15.9 Å². The Morgan fingerprint density at radius 3 is 1.54 bits per heavy atom. The van der Waals surface area contributed by atoms with Crippen LogP contribution in [0, 0.1) is 13.0 Å². The van der Waals surface area contributed by atoms with Crippen LogP contribution in [0.5, 0.6) is 0 Å². The first-order chi connectivity index (χ1) is 23.2. The van der Waals surface area contributed by atoms with E-state index >= 15 is 0 Å². The molecule has 1 saturated heterocycles. The van der Waals surface area contributed by atoms with Crippen LogP contribution in [0.4, 0.5) is 0 Å². The normalized spacial score (nSPS) is 23.2. The standard InChI is InChI=1S/C11H13OSi.C9H20O3Si3.C8H7Br.C8H7.C4H9.3Li/c1-3-13(2,12)11-7-6-9-4-5-10(9)8-11;1-7-13(4)10-14(5,8-2)12-15(6,9-3)11-13;9-8-4-3-6-1-2-7(6)5-8;1-2-4-8-6-5-7(8)3-1;1-3-4-2;;;/h3,6-8H,1,4-5H2,2H3;7-8H,1-2,9H2,3-6H3;3-5H,1-2H2;1,3-4H,5-6H2;1,3-4H2,2H3;;;/q-1;;;2*-1;3*+1. The number of benzene rings is 3. The van der Waals surface area contributed by atoms with Crippen LogP contribution in [0.2, 0.25) is 32.2 Å². The summed E-state index contributed by atoms with van der Waals surface area (Å²) in [6.07, 6.45) is 9.71. The largest absolute Gasteiger partial charge is 1.00 e. The molecule has 12 heteroatoms. The van der Waals surface area contributed by atoms with Crippen molar-refractivity contribution in [1.82, 2.24) is 0 Å². The van der Waals surface area contributed by atoms with Gasteiger partial charge in [0.05, 0.1) is 0 Å². The first kappa shape index (κ1) is 51.9. The Hall–Kier alpha value is -0.140.